The predicted molar refractivity (Wildman–Crippen MR) is 40.5 cm³/mol. The molecule has 0 amide bonds. The van der Waals surface area contributed by atoms with Crippen molar-refractivity contribution >= 4 is 0 Å². The minimum absolute atomic E-state index is 0.152. The molecule has 0 bridgehead atoms. The molecule has 3 N–H and O–H groups in total. The van der Waals surface area contributed by atoms with Gasteiger partial charge < -0.3 is 5.11 Å². The Morgan fingerprint density at radius 3 is 2.60 bits per heavy atom. The topological polar surface area (TPSA) is 44.3 Å². The Morgan fingerprint density at radius 1 is 1.30 bits per heavy atom. The highest BCUT2D eigenvalue weighted by Gasteiger charge is 2.21. The number of aliphatic hydroxyl groups is 1. The molecule has 2 unspecified atom stereocenters. The third kappa shape index (κ3) is 1.94. The highest BCUT2D eigenvalue weighted by Crippen LogP contribution is 2.17. The second-order valence-corrected chi connectivity index (χ2v) is 2.85. The third-order valence-corrected chi connectivity index (χ3v) is 2.06. The van der Waals surface area contributed by atoms with E-state index in [9.17, 15) is 5.11 Å². The van der Waals surface area contributed by atoms with Crippen LogP contribution < -0.4 is 10.9 Å². The lowest BCUT2D eigenvalue weighted by Crippen LogP contribution is -2.47. The van der Waals surface area contributed by atoms with E-state index in [0.29, 0.717) is 0 Å². The summed E-state index contributed by atoms with van der Waals surface area (Å²) in [4.78, 5) is 0. The molecule has 0 spiro atoms. The monoisotopic (exact) mass is 144 g/mol. The van der Waals surface area contributed by atoms with Gasteiger partial charge in [-0.1, -0.05) is 12.8 Å². The fraction of sp³-hybridized carbons (Fsp3) is 1.00. The summed E-state index contributed by atoms with van der Waals surface area (Å²) in [5, 5.41) is 9.40. The molecule has 1 rings (SSSR count). The molecule has 2 atom stereocenters. The first-order valence-electron chi connectivity index (χ1n) is 3.95. The Bertz CT molecular complexity index is 95.6. The number of rotatable bonds is 2. The normalized spacial score (nSPS) is 34.2. The van der Waals surface area contributed by atoms with Crippen LogP contribution in [0, 0.1) is 0 Å². The summed E-state index contributed by atoms with van der Waals surface area (Å²) < 4.78 is 0. The SMILES string of the molecule is CNNC1CCCCC1O. The maximum atomic E-state index is 9.40. The fourth-order valence-corrected chi connectivity index (χ4v) is 1.47. The van der Waals surface area contributed by atoms with Crippen LogP contribution in [0.4, 0.5) is 0 Å². The summed E-state index contributed by atoms with van der Waals surface area (Å²) in [7, 11) is 1.83. The van der Waals surface area contributed by atoms with Gasteiger partial charge in [0.05, 0.1) is 6.10 Å². The summed E-state index contributed by atoms with van der Waals surface area (Å²) in [5.41, 5.74) is 5.89. The van der Waals surface area contributed by atoms with Crippen LogP contribution in [0.1, 0.15) is 25.7 Å². The molecule has 60 valence electrons. The average Bonchev–Trinajstić information content (AvgIpc) is 1.94. The Hall–Kier alpha value is -0.120. The van der Waals surface area contributed by atoms with Gasteiger partial charge in [-0.05, 0) is 19.9 Å². The van der Waals surface area contributed by atoms with Gasteiger partial charge in [-0.25, -0.2) is 0 Å². The lowest BCUT2D eigenvalue weighted by atomic mass is 9.93. The van der Waals surface area contributed by atoms with Crippen molar-refractivity contribution in [2.45, 2.75) is 37.8 Å². The van der Waals surface area contributed by atoms with Crippen LogP contribution in [-0.4, -0.2) is 24.3 Å². The Morgan fingerprint density at radius 2 is 2.00 bits per heavy atom. The zero-order chi connectivity index (χ0) is 7.40. The molecule has 3 nitrogen and oxygen atoms in total. The van der Waals surface area contributed by atoms with Crippen molar-refractivity contribution in [3.05, 3.63) is 0 Å². The standard InChI is InChI=1S/C7H16N2O/c1-8-9-6-4-2-3-5-7(6)10/h6-10H,2-5H2,1H3. The van der Waals surface area contributed by atoms with Crippen molar-refractivity contribution in [1.82, 2.24) is 10.9 Å². The molecule has 1 aliphatic rings. The highest BCUT2D eigenvalue weighted by molar-refractivity contribution is 4.78. The van der Waals surface area contributed by atoms with E-state index in [0.717, 1.165) is 12.8 Å². The number of hydrogen-bond donors (Lipinski definition) is 3. The molecule has 10 heavy (non-hydrogen) atoms. The molecule has 0 aromatic carbocycles. The zero-order valence-corrected chi connectivity index (χ0v) is 6.43. The summed E-state index contributed by atoms with van der Waals surface area (Å²) in [5.74, 6) is 0. The zero-order valence-electron chi connectivity index (χ0n) is 6.43. The van der Waals surface area contributed by atoms with Crippen LogP contribution in [0.5, 0.6) is 0 Å². The van der Waals surface area contributed by atoms with E-state index in [2.05, 4.69) is 10.9 Å². The van der Waals surface area contributed by atoms with Crippen molar-refractivity contribution < 1.29 is 5.11 Å². The van der Waals surface area contributed by atoms with Crippen LogP contribution in [0.3, 0.4) is 0 Å². The summed E-state index contributed by atoms with van der Waals surface area (Å²) >= 11 is 0. The van der Waals surface area contributed by atoms with Crippen LogP contribution in [0.15, 0.2) is 0 Å². The molecule has 0 saturated heterocycles. The van der Waals surface area contributed by atoms with E-state index >= 15 is 0 Å². The number of hydrazine groups is 1. The van der Waals surface area contributed by atoms with E-state index in [1.165, 1.54) is 12.8 Å². The van der Waals surface area contributed by atoms with Crippen LogP contribution in [0.25, 0.3) is 0 Å². The molecular formula is C7H16N2O. The smallest absolute Gasteiger partial charge is 0.0706 e. The molecule has 0 radical (unpaired) electrons. The lowest BCUT2D eigenvalue weighted by Gasteiger charge is -2.27. The number of hydrogen-bond acceptors (Lipinski definition) is 3. The molecule has 0 aromatic rings. The van der Waals surface area contributed by atoms with Crippen LogP contribution >= 0.6 is 0 Å². The van der Waals surface area contributed by atoms with Crippen molar-refractivity contribution in [2.75, 3.05) is 7.05 Å². The van der Waals surface area contributed by atoms with E-state index < -0.39 is 0 Å². The van der Waals surface area contributed by atoms with E-state index in [1.807, 2.05) is 7.05 Å². The molecule has 0 aromatic heterocycles. The van der Waals surface area contributed by atoms with Gasteiger partial charge in [-0.2, -0.15) is 0 Å². The van der Waals surface area contributed by atoms with E-state index in [4.69, 9.17) is 0 Å². The molecule has 1 aliphatic carbocycles. The number of aliphatic hydroxyl groups excluding tert-OH is 1. The Labute approximate surface area is 61.8 Å². The van der Waals surface area contributed by atoms with Crippen molar-refractivity contribution in [2.24, 2.45) is 0 Å². The lowest BCUT2D eigenvalue weighted by molar-refractivity contribution is 0.0854. The molecule has 0 heterocycles. The first-order chi connectivity index (χ1) is 4.84. The van der Waals surface area contributed by atoms with Gasteiger partial charge in [0.1, 0.15) is 0 Å². The molecule has 1 fully saturated rings. The summed E-state index contributed by atoms with van der Waals surface area (Å²) in [6.45, 7) is 0. The number of nitrogens with one attached hydrogen (secondary N) is 2. The van der Waals surface area contributed by atoms with E-state index in [-0.39, 0.29) is 12.1 Å². The van der Waals surface area contributed by atoms with Crippen molar-refractivity contribution in [3.63, 3.8) is 0 Å². The van der Waals surface area contributed by atoms with Gasteiger partial charge >= 0.3 is 0 Å². The highest BCUT2D eigenvalue weighted by atomic mass is 16.3. The minimum Gasteiger partial charge on any atom is -0.391 e. The summed E-state index contributed by atoms with van der Waals surface area (Å²) in [6.07, 6.45) is 4.28. The van der Waals surface area contributed by atoms with Gasteiger partial charge in [0, 0.05) is 6.04 Å². The third-order valence-electron chi connectivity index (χ3n) is 2.06. The van der Waals surface area contributed by atoms with Crippen molar-refractivity contribution in [1.29, 1.82) is 0 Å². The predicted octanol–water partition coefficient (Wildman–Crippen LogP) is 0.0139. The maximum Gasteiger partial charge on any atom is 0.0706 e. The average molecular weight is 144 g/mol. The molecule has 3 heteroatoms. The van der Waals surface area contributed by atoms with Gasteiger partial charge in [-0.15, -0.1) is 0 Å². The van der Waals surface area contributed by atoms with Gasteiger partial charge in [0.15, 0.2) is 0 Å². The minimum atomic E-state index is -0.152. The van der Waals surface area contributed by atoms with Crippen molar-refractivity contribution in [3.8, 4) is 0 Å². The maximum absolute atomic E-state index is 9.40. The van der Waals surface area contributed by atoms with Gasteiger partial charge in [-0.3, -0.25) is 10.9 Å². The summed E-state index contributed by atoms with van der Waals surface area (Å²) in [6, 6.07) is 0.263. The Kier molecular flexibility index (Phi) is 3.12. The largest absolute Gasteiger partial charge is 0.391 e. The van der Waals surface area contributed by atoms with Crippen LogP contribution in [-0.2, 0) is 0 Å². The van der Waals surface area contributed by atoms with E-state index in [1.54, 1.807) is 0 Å². The van der Waals surface area contributed by atoms with Crippen LogP contribution in [0.2, 0.25) is 0 Å². The first kappa shape index (κ1) is 7.98. The Balaban J connectivity index is 2.25. The molecular weight excluding hydrogens is 128 g/mol. The van der Waals surface area contributed by atoms with Gasteiger partial charge in [0.25, 0.3) is 0 Å². The second kappa shape index (κ2) is 3.91. The first-order valence-corrected chi connectivity index (χ1v) is 3.95. The molecule has 0 aliphatic heterocycles. The van der Waals surface area contributed by atoms with Gasteiger partial charge in [0.2, 0.25) is 0 Å². The fourth-order valence-electron chi connectivity index (χ4n) is 1.47. The quantitative estimate of drug-likeness (QED) is 0.478. The molecule has 1 saturated carbocycles. The second-order valence-electron chi connectivity index (χ2n) is 2.85.